The predicted molar refractivity (Wildman–Crippen MR) is 85.3 cm³/mol. The largest absolute Gasteiger partial charge is 0.378 e. The summed E-state index contributed by atoms with van der Waals surface area (Å²) in [5.41, 5.74) is -0.143. The van der Waals surface area contributed by atoms with Crippen molar-refractivity contribution in [2.24, 2.45) is 5.92 Å². The molecule has 0 N–H and O–H groups in total. The predicted octanol–water partition coefficient (Wildman–Crippen LogP) is 1.44. The molecule has 2 aliphatic rings. The molecule has 23 heavy (non-hydrogen) atoms. The van der Waals surface area contributed by atoms with Crippen LogP contribution in [0.2, 0.25) is 0 Å². The number of carbonyl (C=O) groups is 1. The van der Waals surface area contributed by atoms with Gasteiger partial charge in [-0.1, -0.05) is 20.8 Å². The normalized spacial score (nSPS) is 20.8. The number of rotatable bonds is 2. The van der Waals surface area contributed by atoms with E-state index >= 15 is 0 Å². The molecule has 7 heteroatoms. The zero-order valence-corrected chi connectivity index (χ0v) is 14.2. The first kappa shape index (κ1) is 16.2. The van der Waals surface area contributed by atoms with E-state index in [-0.39, 0.29) is 17.2 Å². The van der Waals surface area contributed by atoms with Crippen molar-refractivity contribution in [3.8, 4) is 0 Å². The van der Waals surface area contributed by atoms with Crippen LogP contribution in [0.3, 0.4) is 0 Å². The average molecular weight is 322 g/mol. The van der Waals surface area contributed by atoms with Gasteiger partial charge in [-0.05, 0) is 18.0 Å². The minimum Gasteiger partial charge on any atom is -0.378 e. The zero-order chi connectivity index (χ0) is 16.4. The fourth-order valence-corrected chi connectivity index (χ4v) is 3.02. The minimum absolute atomic E-state index is 0.110. The number of ether oxygens (including phenoxy) is 1. The van der Waals surface area contributed by atoms with E-state index in [1.54, 1.807) is 0 Å². The molecule has 1 aromatic heterocycles. The molecule has 2 aliphatic heterocycles. The number of piperidine rings is 1. The molecule has 0 saturated carbocycles. The van der Waals surface area contributed by atoms with Gasteiger partial charge >= 0.3 is 0 Å². The lowest BCUT2D eigenvalue weighted by atomic mass is 9.95. The highest BCUT2D eigenvalue weighted by atomic mass is 16.5. The Morgan fingerprint density at radius 1 is 1.13 bits per heavy atom. The number of hydrogen-bond acceptors (Lipinski definition) is 6. The second-order valence-corrected chi connectivity index (χ2v) is 7.35. The Kier molecular flexibility index (Phi) is 4.57. The summed E-state index contributed by atoms with van der Waals surface area (Å²) < 4.78 is 10.7. The van der Waals surface area contributed by atoms with Gasteiger partial charge in [-0.15, -0.1) is 0 Å². The van der Waals surface area contributed by atoms with Gasteiger partial charge < -0.3 is 19.1 Å². The van der Waals surface area contributed by atoms with Crippen LogP contribution in [0.25, 0.3) is 0 Å². The van der Waals surface area contributed by atoms with Gasteiger partial charge in [0, 0.05) is 37.5 Å². The first-order valence-electron chi connectivity index (χ1n) is 8.41. The Balaban J connectivity index is 1.55. The summed E-state index contributed by atoms with van der Waals surface area (Å²) in [6, 6.07) is 0. The van der Waals surface area contributed by atoms with Crippen LogP contribution in [0.15, 0.2) is 4.52 Å². The number of amides is 1. The fraction of sp³-hybridized carbons (Fsp3) is 0.812. The van der Waals surface area contributed by atoms with Crippen LogP contribution in [-0.4, -0.2) is 60.3 Å². The SMILES string of the molecule is CC(C)(C)c1nc(N2CCC(C(=O)N3CCOCC3)CC2)no1. The van der Waals surface area contributed by atoms with Gasteiger partial charge in [0.2, 0.25) is 11.8 Å². The number of nitrogens with zero attached hydrogens (tertiary/aromatic N) is 4. The van der Waals surface area contributed by atoms with Crippen molar-refractivity contribution < 1.29 is 14.1 Å². The number of morpholine rings is 1. The van der Waals surface area contributed by atoms with E-state index < -0.39 is 0 Å². The van der Waals surface area contributed by atoms with E-state index in [0.717, 1.165) is 39.0 Å². The molecule has 0 bridgehead atoms. The van der Waals surface area contributed by atoms with Crippen molar-refractivity contribution in [1.82, 2.24) is 15.0 Å². The molecule has 1 amide bonds. The summed E-state index contributed by atoms with van der Waals surface area (Å²) in [4.78, 5) is 21.1. The molecule has 7 nitrogen and oxygen atoms in total. The van der Waals surface area contributed by atoms with Gasteiger partial charge in [0.25, 0.3) is 5.95 Å². The molecular weight excluding hydrogens is 296 g/mol. The molecule has 0 spiro atoms. The van der Waals surface area contributed by atoms with E-state index in [9.17, 15) is 4.79 Å². The van der Waals surface area contributed by atoms with Gasteiger partial charge in [-0.3, -0.25) is 4.79 Å². The van der Waals surface area contributed by atoms with Crippen molar-refractivity contribution >= 4 is 11.9 Å². The molecule has 1 aromatic rings. The molecule has 3 heterocycles. The van der Waals surface area contributed by atoms with Crippen molar-refractivity contribution in [1.29, 1.82) is 0 Å². The summed E-state index contributed by atoms with van der Waals surface area (Å²) >= 11 is 0. The Morgan fingerprint density at radius 3 is 2.35 bits per heavy atom. The highest BCUT2D eigenvalue weighted by Gasteiger charge is 2.31. The maximum atomic E-state index is 12.5. The lowest BCUT2D eigenvalue weighted by molar-refractivity contribution is -0.140. The fourth-order valence-electron chi connectivity index (χ4n) is 3.02. The number of hydrogen-bond donors (Lipinski definition) is 0. The topological polar surface area (TPSA) is 71.7 Å². The quantitative estimate of drug-likeness (QED) is 0.820. The summed E-state index contributed by atoms with van der Waals surface area (Å²) in [7, 11) is 0. The van der Waals surface area contributed by atoms with Crippen molar-refractivity contribution in [2.75, 3.05) is 44.3 Å². The highest BCUT2D eigenvalue weighted by Crippen LogP contribution is 2.26. The van der Waals surface area contributed by atoms with Crippen LogP contribution in [-0.2, 0) is 14.9 Å². The van der Waals surface area contributed by atoms with Crippen molar-refractivity contribution in [3.05, 3.63) is 5.89 Å². The van der Waals surface area contributed by atoms with Crippen molar-refractivity contribution in [2.45, 2.75) is 39.0 Å². The second-order valence-electron chi connectivity index (χ2n) is 7.35. The third-order valence-corrected chi connectivity index (χ3v) is 4.51. The van der Waals surface area contributed by atoms with Gasteiger partial charge in [-0.25, -0.2) is 0 Å². The Bertz CT molecular complexity index is 538. The monoisotopic (exact) mass is 322 g/mol. The maximum Gasteiger partial charge on any atom is 0.266 e. The Hall–Kier alpha value is -1.63. The summed E-state index contributed by atoms with van der Waals surface area (Å²) in [6.45, 7) is 10.5. The molecule has 128 valence electrons. The van der Waals surface area contributed by atoms with Gasteiger partial charge in [0.15, 0.2) is 0 Å². The molecule has 0 unspecified atom stereocenters. The molecule has 2 fully saturated rings. The molecule has 0 atom stereocenters. The van der Waals surface area contributed by atoms with E-state index in [0.29, 0.717) is 25.1 Å². The number of carbonyl (C=O) groups excluding carboxylic acids is 1. The standard InChI is InChI=1S/C16H26N4O3/c1-16(2,3)14-17-15(18-23-14)20-6-4-12(5-7-20)13(21)19-8-10-22-11-9-19/h12H,4-11H2,1-3H3. The van der Waals surface area contributed by atoms with Crippen molar-refractivity contribution in [3.63, 3.8) is 0 Å². The van der Waals surface area contributed by atoms with Gasteiger partial charge in [0.05, 0.1) is 13.2 Å². The summed E-state index contributed by atoms with van der Waals surface area (Å²) in [5.74, 6) is 1.68. The summed E-state index contributed by atoms with van der Waals surface area (Å²) in [5, 5.41) is 4.09. The molecule has 0 aliphatic carbocycles. The van der Waals surface area contributed by atoms with Crippen LogP contribution in [0.1, 0.15) is 39.5 Å². The van der Waals surface area contributed by atoms with E-state index in [2.05, 4.69) is 35.8 Å². The molecule has 2 saturated heterocycles. The Labute approximate surface area is 137 Å². The summed E-state index contributed by atoms with van der Waals surface area (Å²) in [6.07, 6.45) is 1.69. The van der Waals surface area contributed by atoms with E-state index in [1.807, 2.05) is 4.90 Å². The molecule has 0 aromatic carbocycles. The smallest absolute Gasteiger partial charge is 0.266 e. The first-order chi connectivity index (χ1) is 10.9. The zero-order valence-electron chi connectivity index (χ0n) is 14.2. The van der Waals surface area contributed by atoms with Gasteiger partial charge in [-0.2, -0.15) is 4.98 Å². The second kappa shape index (κ2) is 6.47. The van der Waals surface area contributed by atoms with Crippen LogP contribution in [0.4, 0.5) is 5.95 Å². The third kappa shape index (κ3) is 3.65. The molecule has 3 rings (SSSR count). The van der Waals surface area contributed by atoms with E-state index in [1.165, 1.54) is 0 Å². The average Bonchev–Trinajstić information content (AvgIpc) is 3.05. The van der Waals surface area contributed by atoms with Crippen LogP contribution >= 0.6 is 0 Å². The van der Waals surface area contributed by atoms with E-state index in [4.69, 9.17) is 9.26 Å². The first-order valence-corrected chi connectivity index (χ1v) is 8.41. The lowest BCUT2D eigenvalue weighted by Gasteiger charge is -2.35. The third-order valence-electron chi connectivity index (χ3n) is 4.51. The lowest BCUT2D eigenvalue weighted by Crippen LogP contribution is -2.47. The number of aromatic nitrogens is 2. The minimum atomic E-state index is -0.143. The maximum absolute atomic E-state index is 12.5. The Morgan fingerprint density at radius 2 is 1.78 bits per heavy atom. The number of anilines is 1. The van der Waals surface area contributed by atoms with Gasteiger partial charge in [0.1, 0.15) is 0 Å². The highest BCUT2D eigenvalue weighted by molar-refractivity contribution is 5.79. The van der Waals surface area contributed by atoms with Crippen LogP contribution in [0, 0.1) is 5.92 Å². The van der Waals surface area contributed by atoms with Crippen LogP contribution < -0.4 is 4.90 Å². The van der Waals surface area contributed by atoms with Crippen LogP contribution in [0.5, 0.6) is 0 Å². The molecular formula is C16H26N4O3. The molecule has 0 radical (unpaired) electrons.